The van der Waals surface area contributed by atoms with Crippen LogP contribution in [0.3, 0.4) is 0 Å². The van der Waals surface area contributed by atoms with Gasteiger partial charge in [-0.2, -0.15) is 0 Å². The monoisotopic (exact) mass is 158 g/mol. The number of hydrogen-bond acceptors (Lipinski definition) is 2. The van der Waals surface area contributed by atoms with Crippen LogP contribution in [-0.4, -0.2) is 12.6 Å². The van der Waals surface area contributed by atoms with Gasteiger partial charge in [0.15, 0.2) is 0 Å². The van der Waals surface area contributed by atoms with Gasteiger partial charge >= 0.3 is 0 Å². The first-order chi connectivity index (χ1) is 5.14. The molecule has 11 heavy (non-hydrogen) atoms. The molecule has 2 nitrogen and oxygen atoms in total. The van der Waals surface area contributed by atoms with Crippen LogP contribution in [0.25, 0.3) is 0 Å². The van der Waals surface area contributed by atoms with E-state index in [2.05, 4.69) is 0 Å². The number of carbonyl (C=O) groups is 1. The SMILES string of the molecule is CC1(C)C(/C=C\F)C1OC=O. The van der Waals surface area contributed by atoms with Crippen LogP contribution < -0.4 is 0 Å². The maximum absolute atomic E-state index is 11.7. The van der Waals surface area contributed by atoms with Gasteiger partial charge in [-0.1, -0.05) is 13.8 Å². The standard InChI is InChI=1S/C8H11FO2/c1-8(2)6(3-4-9)7(8)11-5-10/h3-7H,1-2H3/b4-3-. The van der Waals surface area contributed by atoms with Crippen molar-refractivity contribution in [2.45, 2.75) is 20.0 Å². The molecule has 0 aromatic carbocycles. The van der Waals surface area contributed by atoms with Crippen LogP contribution in [0, 0.1) is 11.3 Å². The molecule has 1 fully saturated rings. The van der Waals surface area contributed by atoms with E-state index in [1.807, 2.05) is 13.8 Å². The van der Waals surface area contributed by atoms with Gasteiger partial charge in [0, 0.05) is 11.3 Å². The summed E-state index contributed by atoms with van der Waals surface area (Å²) in [5.74, 6) is 0.0395. The summed E-state index contributed by atoms with van der Waals surface area (Å²) < 4.78 is 16.5. The maximum Gasteiger partial charge on any atom is 0.293 e. The van der Waals surface area contributed by atoms with E-state index in [-0.39, 0.29) is 17.4 Å². The van der Waals surface area contributed by atoms with E-state index in [0.717, 1.165) is 0 Å². The summed E-state index contributed by atoms with van der Waals surface area (Å²) in [4.78, 5) is 9.95. The van der Waals surface area contributed by atoms with E-state index in [1.165, 1.54) is 6.08 Å². The molecule has 0 bridgehead atoms. The molecule has 62 valence electrons. The number of hydrogen-bond donors (Lipinski definition) is 0. The number of carbonyl (C=O) groups excluding carboxylic acids is 1. The van der Waals surface area contributed by atoms with E-state index in [1.54, 1.807) is 0 Å². The number of rotatable bonds is 3. The van der Waals surface area contributed by atoms with Crippen LogP contribution in [0.15, 0.2) is 12.4 Å². The second kappa shape index (κ2) is 2.64. The topological polar surface area (TPSA) is 26.3 Å². The van der Waals surface area contributed by atoms with Crippen LogP contribution in [0.2, 0.25) is 0 Å². The summed E-state index contributed by atoms with van der Waals surface area (Å²) in [5.41, 5.74) is -0.0938. The summed E-state index contributed by atoms with van der Waals surface area (Å²) in [5, 5.41) is 0. The predicted octanol–water partition coefficient (Wildman–Crippen LogP) is 1.67. The lowest BCUT2D eigenvalue weighted by atomic mass is 10.1. The van der Waals surface area contributed by atoms with Crippen molar-refractivity contribution < 1.29 is 13.9 Å². The van der Waals surface area contributed by atoms with Gasteiger partial charge in [0.1, 0.15) is 6.10 Å². The zero-order chi connectivity index (χ0) is 8.48. The third-order valence-electron chi connectivity index (χ3n) is 2.29. The molecule has 0 aliphatic heterocycles. The molecule has 0 N–H and O–H groups in total. The molecule has 0 aromatic rings. The van der Waals surface area contributed by atoms with Crippen LogP contribution in [0.5, 0.6) is 0 Å². The van der Waals surface area contributed by atoms with Gasteiger partial charge in [-0.05, 0) is 6.08 Å². The second-order valence-corrected chi connectivity index (χ2v) is 3.32. The van der Waals surface area contributed by atoms with Crippen LogP contribution in [-0.2, 0) is 9.53 Å². The lowest BCUT2D eigenvalue weighted by Gasteiger charge is -1.97. The highest BCUT2D eigenvalue weighted by Crippen LogP contribution is 2.54. The zero-order valence-corrected chi connectivity index (χ0v) is 6.58. The highest BCUT2D eigenvalue weighted by atomic mass is 19.1. The average Bonchev–Trinajstić information content (AvgIpc) is 2.41. The fourth-order valence-electron chi connectivity index (χ4n) is 1.38. The van der Waals surface area contributed by atoms with Gasteiger partial charge in [0.05, 0.1) is 6.33 Å². The third kappa shape index (κ3) is 1.27. The Kier molecular flexibility index (Phi) is 1.98. The first-order valence-electron chi connectivity index (χ1n) is 3.50. The number of ether oxygens (including phenoxy) is 1. The molecule has 3 heteroatoms. The molecule has 2 atom stereocenters. The van der Waals surface area contributed by atoms with Gasteiger partial charge in [0.2, 0.25) is 0 Å². The van der Waals surface area contributed by atoms with Crippen molar-refractivity contribution in [1.82, 2.24) is 0 Å². The summed E-state index contributed by atoms with van der Waals surface area (Å²) in [6.45, 7) is 4.29. The molecule has 0 saturated heterocycles. The van der Waals surface area contributed by atoms with E-state index in [9.17, 15) is 9.18 Å². The molecule has 1 saturated carbocycles. The minimum atomic E-state index is -0.146. The molecule has 0 radical (unpaired) electrons. The van der Waals surface area contributed by atoms with Crippen molar-refractivity contribution in [2.75, 3.05) is 0 Å². The normalized spacial score (nSPS) is 33.7. The van der Waals surface area contributed by atoms with Crippen molar-refractivity contribution in [3.8, 4) is 0 Å². The van der Waals surface area contributed by atoms with Crippen molar-refractivity contribution in [3.63, 3.8) is 0 Å². The molecule has 1 aliphatic carbocycles. The Hall–Kier alpha value is -0.860. The lowest BCUT2D eigenvalue weighted by molar-refractivity contribution is -0.130. The van der Waals surface area contributed by atoms with Gasteiger partial charge < -0.3 is 4.74 Å². The van der Waals surface area contributed by atoms with Crippen LogP contribution >= 0.6 is 0 Å². The fourth-order valence-corrected chi connectivity index (χ4v) is 1.38. The smallest absolute Gasteiger partial charge is 0.293 e. The van der Waals surface area contributed by atoms with Crippen LogP contribution in [0.4, 0.5) is 4.39 Å². The Labute approximate surface area is 65.0 Å². The molecule has 1 rings (SSSR count). The molecule has 0 amide bonds. The van der Waals surface area contributed by atoms with Crippen molar-refractivity contribution in [2.24, 2.45) is 11.3 Å². The van der Waals surface area contributed by atoms with Crippen molar-refractivity contribution in [1.29, 1.82) is 0 Å². The Bertz CT molecular complexity index is 187. The number of halogens is 1. The highest BCUT2D eigenvalue weighted by molar-refractivity contribution is 5.40. The minimum absolute atomic E-state index is 0.0395. The summed E-state index contributed by atoms with van der Waals surface area (Å²) in [7, 11) is 0. The molecule has 0 heterocycles. The highest BCUT2D eigenvalue weighted by Gasteiger charge is 2.58. The van der Waals surface area contributed by atoms with Crippen molar-refractivity contribution in [3.05, 3.63) is 12.4 Å². The van der Waals surface area contributed by atoms with Gasteiger partial charge in [-0.25, -0.2) is 4.39 Å². The van der Waals surface area contributed by atoms with E-state index in [0.29, 0.717) is 12.8 Å². The molecule has 1 aliphatic rings. The Balaban J connectivity index is 2.52. The Morgan fingerprint density at radius 1 is 1.55 bits per heavy atom. The minimum Gasteiger partial charge on any atom is -0.463 e. The maximum atomic E-state index is 11.7. The van der Waals surface area contributed by atoms with Gasteiger partial charge in [0.25, 0.3) is 6.47 Å². The van der Waals surface area contributed by atoms with Gasteiger partial charge in [-0.3, -0.25) is 4.79 Å². The Morgan fingerprint density at radius 3 is 2.64 bits per heavy atom. The van der Waals surface area contributed by atoms with E-state index >= 15 is 0 Å². The Morgan fingerprint density at radius 2 is 2.18 bits per heavy atom. The fraction of sp³-hybridized carbons (Fsp3) is 0.625. The molecular formula is C8H11FO2. The second-order valence-electron chi connectivity index (χ2n) is 3.32. The lowest BCUT2D eigenvalue weighted by Crippen LogP contribution is -1.98. The van der Waals surface area contributed by atoms with E-state index in [4.69, 9.17) is 4.74 Å². The molecule has 0 spiro atoms. The summed E-state index contributed by atoms with van der Waals surface area (Å²) >= 11 is 0. The quantitative estimate of drug-likeness (QED) is 0.584. The molecule has 2 unspecified atom stereocenters. The van der Waals surface area contributed by atoms with Crippen molar-refractivity contribution >= 4 is 6.47 Å². The summed E-state index contributed by atoms with van der Waals surface area (Å²) in [6.07, 6.45) is 1.78. The van der Waals surface area contributed by atoms with Crippen LogP contribution in [0.1, 0.15) is 13.8 Å². The molecular weight excluding hydrogens is 147 g/mol. The molecule has 0 aromatic heterocycles. The van der Waals surface area contributed by atoms with E-state index < -0.39 is 0 Å². The first-order valence-corrected chi connectivity index (χ1v) is 3.50. The summed E-state index contributed by atoms with van der Waals surface area (Å²) in [6, 6.07) is 0. The first kappa shape index (κ1) is 8.24. The third-order valence-corrected chi connectivity index (χ3v) is 2.29. The average molecular weight is 158 g/mol. The largest absolute Gasteiger partial charge is 0.463 e. The predicted molar refractivity (Wildman–Crippen MR) is 38.5 cm³/mol. The van der Waals surface area contributed by atoms with Gasteiger partial charge in [-0.15, -0.1) is 0 Å². The zero-order valence-electron chi connectivity index (χ0n) is 6.58.